The minimum Gasteiger partial charge on any atom is -0.493 e. The molecule has 1 amide bonds. The fourth-order valence-electron chi connectivity index (χ4n) is 3.75. The lowest BCUT2D eigenvalue weighted by atomic mass is 10.0. The van der Waals surface area contributed by atoms with Crippen LogP contribution in [-0.4, -0.2) is 61.6 Å². The number of aliphatic hydroxyl groups excluding tert-OH is 2. The number of halogens is 2. The molecule has 1 atom stereocenters. The molecule has 0 saturated carbocycles. The van der Waals surface area contributed by atoms with Gasteiger partial charge < -0.3 is 20.3 Å². The van der Waals surface area contributed by atoms with Gasteiger partial charge in [0.15, 0.2) is 0 Å². The van der Waals surface area contributed by atoms with Gasteiger partial charge in [0.25, 0.3) is 5.91 Å². The number of ether oxygens (including phenoxy) is 1. The molecule has 0 aliphatic rings. The van der Waals surface area contributed by atoms with Gasteiger partial charge in [-0.05, 0) is 60.7 Å². The Morgan fingerprint density at radius 1 is 1.07 bits per heavy atom. The fourth-order valence-corrected chi connectivity index (χ4v) is 4.75. The molecule has 0 radical (unpaired) electrons. The Bertz CT molecular complexity index is 1280. The Labute approximate surface area is 248 Å². The number of aliphatic hydroxyl groups is 2. The standard InChI is InChI=1S/C28H35N3O6S.2ClH/c1-2-16-37-27-18-23(10-11-25(27)28(34)31-38(35,36)17-4-15-32)22-8-6-21(7-9-22)12-14-30-20-26(33)24-5-3-13-29-19-24;;/h3,5-11,13,18-19,26,30,32-33H,2,4,12,14-17,20H2,1H3,(H,31,34);2*1H/t26-;;/m0../s1. The predicted octanol–water partition coefficient (Wildman–Crippen LogP) is 3.69. The third-order valence-corrected chi connectivity index (χ3v) is 7.11. The van der Waals surface area contributed by atoms with E-state index in [4.69, 9.17) is 9.84 Å². The van der Waals surface area contributed by atoms with Crippen LogP contribution in [0.5, 0.6) is 5.75 Å². The second-order valence-electron chi connectivity index (χ2n) is 8.84. The van der Waals surface area contributed by atoms with Crippen LogP contribution in [0.25, 0.3) is 11.1 Å². The van der Waals surface area contributed by atoms with E-state index in [1.807, 2.05) is 42.0 Å². The van der Waals surface area contributed by atoms with Crippen molar-refractivity contribution in [1.82, 2.24) is 15.0 Å². The van der Waals surface area contributed by atoms with Crippen LogP contribution in [0.2, 0.25) is 0 Å². The van der Waals surface area contributed by atoms with Crippen molar-refractivity contribution in [3.8, 4) is 16.9 Å². The number of hydrogen-bond donors (Lipinski definition) is 4. The lowest BCUT2D eigenvalue weighted by molar-refractivity contribution is 0.0977. The maximum Gasteiger partial charge on any atom is 0.268 e. The highest BCUT2D eigenvalue weighted by Crippen LogP contribution is 2.28. The van der Waals surface area contributed by atoms with E-state index in [1.54, 1.807) is 36.7 Å². The van der Waals surface area contributed by atoms with Crippen molar-refractivity contribution in [3.05, 3.63) is 83.7 Å². The van der Waals surface area contributed by atoms with Gasteiger partial charge in [-0.2, -0.15) is 0 Å². The van der Waals surface area contributed by atoms with Crippen molar-refractivity contribution in [2.24, 2.45) is 0 Å². The third-order valence-electron chi connectivity index (χ3n) is 5.79. The van der Waals surface area contributed by atoms with Gasteiger partial charge in [0, 0.05) is 31.1 Å². The van der Waals surface area contributed by atoms with Crippen LogP contribution in [0.15, 0.2) is 67.0 Å². The van der Waals surface area contributed by atoms with Gasteiger partial charge in [0.2, 0.25) is 10.0 Å². The SMILES string of the molecule is CCCOc1cc(-c2ccc(CCNC[C@H](O)c3cccnc3)cc2)ccc1C(=O)NS(=O)(=O)CCCO.Cl.Cl. The summed E-state index contributed by atoms with van der Waals surface area (Å²) in [6, 6.07) is 16.7. The molecular formula is C28H37Cl2N3O6S. The molecule has 2 aromatic carbocycles. The normalized spacial score (nSPS) is 11.6. The van der Waals surface area contributed by atoms with Gasteiger partial charge in [-0.25, -0.2) is 13.1 Å². The molecule has 1 aromatic heterocycles. The van der Waals surface area contributed by atoms with Crippen molar-refractivity contribution >= 4 is 40.7 Å². The second kappa shape index (κ2) is 17.9. The topological polar surface area (TPSA) is 138 Å². The number of nitrogens with one attached hydrogen (secondary N) is 2. The molecule has 12 heteroatoms. The lowest BCUT2D eigenvalue weighted by Crippen LogP contribution is -2.33. The van der Waals surface area contributed by atoms with Gasteiger partial charge >= 0.3 is 0 Å². The molecule has 220 valence electrons. The first-order valence-corrected chi connectivity index (χ1v) is 14.3. The van der Waals surface area contributed by atoms with Crippen LogP contribution in [0.1, 0.15) is 47.4 Å². The lowest BCUT2D eigenvalue weighted by Gasteiger charge is -2.14. The monoisotopic (exact) mass is 613 g/mol. The summed E-state index contributed by atoms with van der Waals surface area (Å²) in [5, 5.41) is 22.4. The molecule has 0 fully saturated rings. The number of carbonyl (C=O) groups excluding carboxylic acids is 1. The molecule has 0 saturated heterocycles. The van der Waals surface area contributed by atoms with Crippen LogP contribution in [-0.2, 0) is 16.4 Å². The molecule has 4 N–H and O–H groups in total. The second-order valence-corrected chi connectivity index (χ2v) is 10.7. The Morgan fingerprint density at radius 2 is 1.80 bits per heavy atom. The van der Waals surface area contributed by atoms with Gasteiger partial charge in [-0.3, -0.25) is 9.78 Å². The smallest absolute Gasteiger partial charge is 0.268 e. The van der Waals surface area contributed by atoms with Crippen molar-refractivity contribution in [3.63, 3.8) is 0 Å². The average molecular weight is 615 g/mol. The average Bonchev–Trinajstić information content (AvgIpc) is 2.93. The highest BCUT2D eigenvalue weighted by Gasteiger charge is 2.20. The predicted molar refractivity (Wildman–Crippen MR) is 161 cm³/mol. The summed E-state index contributed by atoms with van der Waals surface area (Å²) in [5.74, 6) is -0.803. The number of rotatable bonds is 15. The molecule has 0 aliphatic carbocycles. The van der Waals surface area contributed by atoms with Gasteiger partial charge in [-0.1, -0.05) is 43.3 Å². The van der Waals surface area contributed by atoms with E-state index in [2.05, 4.69) is 10.3 Å². The molecule has 3 rings (SSSR count). The number of pyridine rings is 1. The first kappa shape index (κ1) is 35.3. The first-order valence-electron chi connectivity index (χ1n) is 12.6. The number of hydrogen-bond acceptors (Lipinski definition) is 8. The number of aromatic nitrogens is 1. The number of carbonyl (C=O) groups is 1. The van der Waals surface area contributed by atoms with Crippen molar-refractivity contribution < 1.29 is 28.2 Å². The zero-order chi connectivity index (χ0) is 27.4. The van der Waals surface area contributed by atoms with E-state index in [-0.39, 0.29) is 49.2 Å². The van der Waals surface area contributed by atoms with Crippen LogP contribution >= 0.6 is 24.8 Å². The van der Waals surface area contributed by atoms with Crippen LogP contribution in [0, 0.1) is 0 Å². The van der Waals surface area contributed by atoms with Crippen LogP contribution in [0.3, 0.4) is 0 Å². The Kier molecular flexibility index (Phi) is 15.8. The first-order chi connectivity index (χ1) is 18.3. The molecule has 3 aromatic rings. The molecule has 40 heavy (non-hydrogen) atoms. The van der Waals surface area contributed by atoms with E-state index >= 15 is 0 Å². The molecule has 9 nitrogen and oxygen atoms in total. The summed E-state index contributed by atoms with van der Waals surface area (Å²) in [6.07, 6.45) is 4.27. The molecule has 1 heterocycles. The summed E-state index contributed by atoms with van der Waals surface area (Å²) in [5.41, 5.74) is 3.80. The third kappa shape index (κ3) is 11.0. The summed E-state index contributed by atoms with van der Waals surface area (Å²) >= 11 is 0. The largest absolute Gasteiger partial charge is 0.493 e. The highest BCUT2D eigenvalue weighted by molar-refractivity contribution is 7.90. The highest BCUT2D eigenvalue weighted by atomic mass is 35.5. The Hall–Kier alpha value is -2.73. The molecule has 0 bridgehead atoms. The quantitative estimate of drug-likeness (QED) is 0.190. The number of sulfonamides is 1. The number of benzene rings is 2. The molecule has 0 unspecified atom stereocenters. The van der Waals surface area contributed by atoms with Gasteiger partial charge in [-0.15, -0.1) is 24.8 Å². The number of nitrogens with zero attached hydrogens (tertiary/aromatic N) is 1. The summed E-state index contributed by atoms with van der Waals surface area (Å²) < 4.78 is 32.0. The molecule has 0 aliphatic heterocycles. The van der Waals surface area contributed by atoms with Crippen LogP contribution < -0.4 is 14.8 Å². The van der Waals surface area contributed by atoms with Crippen molar-refractivity contribution in [1.29, 1.82) is 0 Å². The Balaban J connectivity index is 0.00000400. The minimum atomic E-state index is -3.86. The van der Waals surface area contributed by atoms with Gasteiger partial charge in [0.05, 0.1) is 24.0 Å². The Morgan fingerprint density at radius 3 is 2.45 bits per heavy atom. The van der Waals surface area contributed by atoms with Gasteiger partial charge in [0.1, 0.15) is 5.75 Å². The minimum absolute atomic E-state index is 0. The van der Waals surface area contributed by atoms with E-state index < -0.39 is 22.0 Å². The van der Waals surface area contributed by atoms with Crippen LogP contribution in [0.4, 0.5) is 0 Å². The fraction of sp³-hybridized carbons (Fsp3) is 0.357. The maximum absolute atomic E-state index is 12.7. The molecular weight excluding hydrogens is 577 g/mol. The van der Waals surface area contributed by atoms with E-state index in [9.17, 15) is 18.3 Å². The molecule has 0 spiro atoms. The summed E-state index contributed by atoms with van der Waals surface area (Å²) in [4.78, 5) is 16.7. The maximum atomic E-state index is 12.7. The van der Waals surface area contributed by atoms with Crippen molar-refractivity contribution in [2.75, 3.05) is 32.1 Å². The summed E-state index contributed by atoms with van der Waals surface area (Å²) in [7, 11) is -3.86. The number of amides is 1. The van der Waals surface area contributed by atoms with E-state index in [0.717, 1.165) is 35.1 Å². The van der Waals surface area contributed by atoms with E-state index in [1.165, 1.54) is 0 Å². The van der Waals surface area contributed by atoms with E-state index in [0.29, 0.717) is 25.4 Å². The summed E-state index contributed by atoms with van der Waals surface area (Å²) in [6.45, 7) is 3.18. The zero-order valence-electron chi connectivity index (χ0n) is 22.3. The van der Waals surface area contributed by atoms with Crippen molar-refractivity contribution in [2.45, 2.75) is 32.3 Å². The zero-order valence-corrected chi connectivity index (χ0v) is 24.7.